The number of carbonyl (C=O) groups is 1. The van der Waals surface area contributed by atoms with Gasteiger partial charge < -0.3 is 14.8 Å². The Labute approximate surface area is 174 Å². The first-order valence-electron chi connectivity index (χ1n) is 10.1. The van der Waals surface area contributed by atoms with Crippen molar-refractivity contribution >= 4 is 11.6 Å². The van der Waals surface area contributed by atoms with Crippen molar-refractivity contribution in [2.75, 3.05) is 18.5 Å². The molecule has 1 aliphatic heterocycles. The molecule has 0 radical (unpaired) electrons. The first kappa shape index (κ1) is 19.8. The third kappa shape index (κ3) is 3.96. The van der Waals surface area contributed by atoms with Crippen LogP contribution in [0.5, 0.6) is 11.5 Å². The van der Waals surface area contributed by atoms with Crippen molar-refractivity contribution in [3.8, 4) is 17.2 Å². The van der Waals surface area contributed by atoms with Gasteiger partial charge in [0.2, 0.25) is 5.91 Å². The van der Waals surface area contributed by atoms with Crippen LogP contribution in [0.3, 0.4) is 0 Å². The number of amides is 1. The zero-order chi connectivity index (χ0) is 21.1. The van der Waals surface area contributed by atoms with E-state index < -0.39 is 0 Å². The van der Waals surface area contributed by atoms with E-state index in [2.05, 4.69) is 5.32 Å². The molecule has 7 heteroatoms. The lowest BCUT2D eigenvalue weighted by Crippen LogP contribution is -2.23. The molecule has 156 valence electrons. The summed E-state index contributed by atoms with van der Waals surface area (Å²) >= 11 is 0. The molecule has 0 fully saturated rings. The predicted octanol–water partition coefficient (Wildman–Crippen LogP) is 3.22. The Bertz CT molecular complexity index is 1120. The summed E-state index contributed by atoms with van der Waals surface area (Å²) in [6.45, 7) is 3.09. The standard InChI is InChI=1S/C23H25N3O4/c1-16-22(23(28)26(25(16)2)18-7-4-3-5-8-18)24-21(27)12-10-17-9-11-19-20(15-17)30-14-6-13-29-19/h3-5,7-9,11,15H,6,10,12-14H2,1-2H3,(H,24,27). The molecule has 1 aliphatic rings. The summed E-state index contributed by atoms with van der Waals surface area (Å²) in [5, 5.41) is 2.80. The molecule has 1 amide bonds. The molecule has 0 atom stereocenters. The zero-order valence-electron chi connectivity index (χ0n) is 17.2. The van der Waals surface area contributed by atoms with E-state index in [9.17, 15) is 9.59 Å². The maximum absolute atomic E-state index is 12.9. The number of fused-ring (bicyclic) bond motifs is 1. The minimum atomic E-state index is -0.245. The fourth-order valence-electron chi connectivity index (χ4n) is 3.54. The van der Waals surface area contributed by atoms with Gasteiger partial charge in [0, 0.05) is 19.9 Å². The second-order valence-corrected chi connectivity index (χ2v) is 7.32. The van der Waals surface area contributed by atoms with Gasteiger partial charge in [-0.25, -0.2) is 4.68 Å². The van der Waals surface area contributed by atoms with Crippen molar-refractivity contribution in [1.29, 1.82) is 0 Å². The zero-order valence-corrected chi connectivity index (χ0v) is 17.2. The molecule has 0 spiro atoms. The van der Waals surface area contributed by atoms with Gasteiger partial charge in [-0.3, -0.25) is 14.3 Å². The molecule has 1 aromatic heterocycles. The molecular weight excluding hydrogens is 382 g/mol. The number of para-hydroxylation sites is 1. The molecular formula is C23H25N3O4. The molecule has 3 aromatic rings. The summed E-state index contributed by atoms with van der Waals surface area (Å²) in [6.07, 6.45) is 1.66. The van der Waals surface area contributed by atoms with Gasteiger partial charge in [-0.05, 0) is 43.2 Å². The lowest BCUT2D eigenvalue weighted by molar-refractivity contribution is -0.116. The minimum absolute atomic E-state index is 0.201. The van der Waals surface area contributed by atoms with E-state index in [1.165, 1.54) is 0 Å². The van der Waals surface area contributed by atoms with Crippen molar-refractivity contribution in [1.82, 2.24) is 9.36 Å². The molecule has 0 bridgehead atoms. The highest BCUT2D eigenvalue weighted by molar-refractivity contribution is 5.91. The minimum Gasteiger partial charge on any atom is -0.490 e. The molecule has 7 nitrogen and oxygen atoms in total. The molecule has 0 saturated carbocycles. The molecule has 1 N–H and O–H groups in total. The normalized spacial score (nSPS) is 13.0. The Hall–Kier alpha value is -3.48. The Morgan fingerprint density at radius 2 is 1.80 bits per heavy atom. The second-order valence-electron chi connectivity index (χ2n) is 7.32. The lowest BCUT2D eigenvalue weighted by Gasteiger charge is -2.09. The van der Waals surface area contributed by atoms with Gasteiger partial charge in [-0.15, -0.1) is 0 Å². The van der Waals surface area contributed by atoms with Crippen LogP contribution < -0.4 is 20.3 Å². The average Bonchev–Trinajstić information content (AvgIpc) is 2.93. The van der Waals surface area contributed by atoms with Gasteiger partial charge in [-0.2, -0.15) is 0 Å². The first-order chi connectivity index (χ1) is 14.5. The molecule has 30 heavy (non-hydrogen) atoms. The number of anilines is 1. The fraction of sp³-hybridized carbons (Fsp3) is 0.304. The highest BCUT2D eigenvalue weighted by Crippen LogP contribution is 2.30. The smallest absolute Gasteiger partial charge is 0.295 e. The number of hydrogen-bond acceptors (Lipinski definition) is 4. The number of hydrogen-bond donors (Lipinski definition) is 1. The van der Waals surface area contributed by atoms with Crippen molar-refractivity contribution in [2.45, 2.75) is 26.2 Å². The topological polar surface area (TPSA) is 74.5 Å². The van der Waals surface area contributed by atoms with Crippen LogP contribution in [0.1, 0.15) is 24.1 Å². The van der Waals surface area contributed by atoms with Crippen molar-refractivity contribution < 1.29 is 14.3 Å². The van der Waals surface area contributed by atoms with Crippen molar-refractivity contribution in [3.63, 3.8) is 0 Å². The van der Waals surface area contributed by atoms with Crippen LogP contribution in [-0.4, -0.2) is 28.5 Å². The van der Waals surface area contributed by atoms with Crippen molar-refractivity contribution in [2.24, 2.45) is 7.05 Å². The maximum Gasteiger partial charge on any atom is 0.295 e. The van der Waals surface area contributed by atoms with Gasteiger partial charge in [0.25, 0.3) is 5.56 Å². The van der Waals surface area contributed by atoms with Crippen LogP contribution in [0.15, 0.2) is 53.3 Å². The number of aryl methyl sites for hydroxylation is 1. The number of carbonyl (C=O) groups excluding carboxylic acids is 1. The highest BCUT2D eigenvalue weighted by atomic mass is 16.5. The van der Waals surface area contributed by atoms with Crippen LogP contribution >= 0.6 is 0 Å². The van der Waals surface area contributed by atoms with E-state index in [0.717, 1.165) is 29.2 Å². The van der Waals surface area contributed by atoms with Crippen LogP contribution in [0, 0.1) is 6.92 Å². The SMILES string of the molecule is Cc1c(NC(=O)CCc2ccc3c(c2)OCCCO3)c(=O)n(-c2ccccc2)n1C. The predicted molar refractivity (Wildman–Crippen MR) is 115 cm³/mol. The summed E-state index contributed by atoms with van der Waals surface area (Å²) < 4.78 is 14.6. The molecule has 0 unspecified atom stereocenters. The average molecular weight is 407 g/mol. The Morgan fingerprint density at radius 3 is 2.57 bits per heavy atom. The number of benzene rings is 2. The summed E-state index contributed by atoms with van der Waals surface area (Å²) in [5.41, 5.74) is 2.50. The Morgan fingerprint density at radius 1 is 1.07 bits per heavy atom. The Kier molecular flexibility index (Phi) is 5.61. The van der Waals surface area contributed by atoms with Gasteiger partial charge in [0.05, 0.1) is 24.6 Å². The van der Waals surface area contributed by atoms with E-state index in [-0.39, 0.29) is 17.9 Å². The second kappa shape index (κ2) is 8.49. The molecule has 2 aromatic carbocycles. The summed E-state index contributed by atoms with van der Waals surface area (Å²) in [4.78, 5) is 25.5. The number of nitrogens with zero attached hydrogens (tertiary/aromatic N) is 2. The van der Waals surface area contributed by atoms with Gasteiger partial charge in [0.1, 0.15) is 5.69 Å². The van der Waals surface area contributed by atoms with E-state index in [1.807, 2.05) is 55.5 Å². The summed E-state index contributed by atoms with van der Waals surface area (Å²) in [7, 11) is 1.80. The van der Waals surface area contributed by atoms with Crippen LogP contribution in [0.4, 0.5) is 5.69 Å². The molecule has 0 saturated heterocycles. The third-order valence-electron chi connectivity index (χ3n) is 5.27. The lowest BCUT2D eigenvalue weighted by atomic mass is 10.1. The van der Waals surface area contributed by atoms with Crippen LogP contribution in [0.2, 0.25) is 0 Å². The monoisotopic (exact) mass is 407 g/mol. The molecule has 0 aliphatic carbocycles. The fourth-order valence-corrected chi connectivity index (χ4v) is 3.54. The maximum atomic E-state index is 12.9. The van der Waals surface area contributed by atoms with Crippen molar-refractivity contribution in [3.05, 3.63) is 70.1 Å². The summed E-state index contributed by atoms with van der Waals surface area (Å²) in [6, 6.07) is 15.1. The first-order valence-corrected chi connectivity index (χ1v) is 10.1. The van der Waals surface area contributed by atoms with Gasteiger partial charge >= 0.3 is 0 Å². The van der Waals surface area contributed by atoms with E-state index in [0.29, 0.717) is 31.0 Å². The number of ether oxygens (including phenoxy) is 2. The number of rotatable bonds is 5. The Balaban J connectivity index is 1.46. The number of aromatic nitrogens is 2. The van der Waals surface area contributed by atoms with E-state index in [4.69, 9.17) is 9.47 Å². The highest BCUT2D eigenvalue weighted by Gasteiger charge is 2.18. The van der Waals surface area contributed by atoms with E-state index in [1.54, 1.807) is 16.4 Å². The van der Waals surface area contributed by atoms with Gasteiger partial charge in [-0.1, -0.05) is 24.3 Å². The van der Waals surface area contributed by atoms with Crippen LogP contribution in [0.25, 0.3) is 5.69 Å². The quantitative estimate of drug-likeness (QED) is 0.705. The van der Waals surface area contributed by atoms with Crippen LogP contribution in [-0.2, 0) is 18.3 Å². The number of nitrogens with one attached hydrogen (secondary N) is 1. The largest absolute Gasteiger partial charge is 0.490 e. The third-order valence-corrected chi connectivity index (χ3v) is 5.27. The van der Waals surface area contributed by atoms with Gasteiger partial charge in [0.15, 0.2) is 11.5 Å². The summed E-state index contributed by atoms with van der Waals surface area (Å²) in [5.74, 6) is 1.25. The molecule has 2 heterocycles. The molecule has 4 rings (SSSR count). The van der Waals surface area contributed by atoms with E-state index >= 15 is 0 Å².